The molecular formula is C19H20N2O3S. The molecule has 0 amide bonds. The van der Waals surface area contributed by atoms with Gasteiger partial charge in [0, 0.05) is 13.1 Å². The normalized spacial score (nSPS) is 21.6. The second kappa shape index (κ2) is 7.36. The monoisotopic (exact) mass is 356 g/mol. The summed E-state index contributed by atoms with van der Waals surface area (Å²) >= 11 is 0. The predicted octanol–water partition coefficient (Wildman–Crippen LogP) is 2.58. The van der Waals surface area contributed by atoms with E-state index in [4.69, 9.17) is 4.74 Å². The van der Waals surface area contributed by atoms with Gasteiger partial charge in [0.15, 0.2) is 0 Å². The van der Waals surface area contributed by atoms with Gasteiger partial charge >= 0.3 is 0 Å². The first-order valence-electron chi connectivity index (χ1n) is 8.19. The first-order chi connectivity index (χ1) is 12.0. The van der Waals surface area contributed by atoms with Gasteiger partial charge in [-0.05, 0) is 31.0 Å². The van der Waals surface area contributed by atoms with E-state index >= 15 is 0 Å². The molecule has 0 N–H and O–H groups in total. The van der Waals surface area contributed by atoms with Crippen LogP contribution >= 0.6 is 0 Å². The van der Waals surface area contributed by atoms with Crippen molar-refractivity contribution in [2.24, 2.45) is 0 Å². The van der Waals surface area contributed by atoms with E-state index in [2.05, 4.69) is 0 Å². The van der Waals surface area contributed by atoms with Crippen molar-refractivity contribution in [3.05, 3.63) is 65.7 Å². The molecule has 6 heteroatoms. The van der Waals surface area contributed by atoms with Crippen molar-refractivity contribution in [1.82, 2.24) is 4.31 Å². The molecule has 1 aliphatic heterocycles. The lowest BCUT2D eigenvalue weighted by Crippen LogP contribution is -2.49. The minimum absolute atomic E-state index is 0.0602. The topological polar surface area (TPSA) is 70.4 Å². The number of nitriles is 1. The highest BCUT2D eigenvalue weighted by atomic mass is 32.2. The van der Waals surface area contributed by atoms with Gasteiger partial charge in [0.25, 0.3) is 0 Å². The van der Waals surface area contributed by atoms with Crippen LogP contribution in [0, 0.1) is 11.3 Å². The molecule has 25 heavy (non-hydrogen) atoms. The van der Waals surface area contributed by atoms with Crippen molar-refractivity contribution in [1.29, 1.82) is 5.26 Å². The molecule has 2 atom stereocenters. The van der Waals surface area contributed by atoms with Crippen LogP contribution in [0.25, 0.3) is 0 Å². The van der Waals surface area contributed by atoms with Crippen LogP contribution in [0.2, 0.25) is 0 Å². The number of hydrogen-bond donors (Lipinski definition) is 0. The maximum atomic E-state index is 13.0. The molecule has 0 saturated carbocycles. The molecule has 1 fully saturated rings. The van der Waals surface area contributed by atoms with Crippen LogP contribution in [0.15, 0.2) is 59.5 Å². The van der Waals surface area contributed by atoms with Crippen molar-refractivity contribution in [2.45, 2.75) is 30.4 Å². The van der Waals surface area contributed by atoms with Crippen LogP contribution in [-0.4, -0.2) is 38.0 Å². The smallest absolute Gasteiger partial charge is 0.244 e. The van der Waals surface area contributed by atoms with E-state index in [1.165, 1.54) is 16.4 Å². The van der Waals surface area contributed by atoms with Crippen LogP contribution in [0.1, 0.15) is 18.1 Å². The maximum Gasteiger partial charge on any atom is 0.244 e. The summed E-state index contributed by atoms with van der Waals surface area (Å²) in [6.07, 6.45) is 0.235. The molecule has 2 aromatic rings. The molecule has 1 saturated heterocycles. The van der Waals surface area contributed by atoms with Gasteiger partial charge in [-0.2, -0.15) is 9.57 Å². The third-order valence-corrected chi connectivity index (χ3v) is 6.11. The molecule has 1 heterocycles. The molecule has 2 aromatic carbocycles. The van der Waals surface area contributed by atoms with Crippen molar-refractivity contribution in [3.8, 4) is 6.07 Å². The van der Waals surface area contributed by atoms with Crippen molar-refractivity contribution in [3.63, 3.8) is 0 Å². The van der Waals surface area contributed by atoms with E-state index < -0.39 is 10.0 Å². The molecule has 5 nitrogen and oxygen atoms in total. The lowest BCUT2D eigenvalue weighted by Gasteiger charge is -2.36. The minimum Gasteiger partial charge on any atom is -0.372 e. The van der Waals surface area contributed by atoms with Gasteiger partial charge in [-0.1, -0.05) is 42.5 Å². The standard InChI is InChI=1S/C19H20N2O3S/c1-15-13-21(14-18(24-15)11-16-7-3-2-4-8-16)25(22,23)19-10-6-5-9-17(19)12-20/h2-10,15,18H,11,13-14H2,1H3. The Morgan fingerprint density at radius 1 is 1.12 bits per heavy atom. The highest BCUT2D eigenvalue weighted by molar-refractivity contribution is 7.89. The summed E-state index contributed by atoms with van der Waals surface area (Å²) in [5.41, 5.74) is 1.28. The zero-order valence-electron chi connectivity index (χ0n) is 14.0. The van der Waals surface area contributed by atoms with Gasteiger partial charge in [-0.3, -0.25) is 0 Å². The van der Waals surface area contributed by atoms with E-state index in [-0.39, 0.29) is 35.8 Å². The molecule has 1 aliphatic rings. The summed E-state index contributed by atoms with van der Waals surface area (Å²) < 4.78 is 33.4. The Balaban J connectivity index is 1.85. The summed E-state index contributed by atoms with van der Waals surface area (Å²) in [6.45, 7) is 2.44. The fraction of sp³-hybridized carbons (Fsp3) is 0.316. The lowest BCUT2D eigenvalue weighted by atomic mass is 10.1. The highest BCUT2D eigenvalue weighted by Crippen LogP contribution is 2.24. The summed E-state index contributed by atoms with van der Waals surface area (Å²) in [5, 5.41) is 9.22. The molecule has 0 aliphatic carbocycles. The zero-order valence-corrected chi connectivity index (χ0v) is 14.8. The number of rotatable bonds is 4. The van der Waals surface area contributed by atoms with Gasteiger partial charge in [-0.15, -0.1) is 0 Å². The lowest BCUT2D eigenvalue weighted by molar-refractivity contribution is -0.0529. The van der Waals surface area contributed by atoms with Crippen molar-refractivity contribution in [2.75, 3.05) is 13.1 Å². The average Bonchev–Trinajstić information content (AvgIpc) is 2.62. The predicted molar refractivity (Wildman–Crippen MR) is 94.4 cm³/mol. The number of morpholine rings is 1. The fourth-order valence-corrected chi connectivity index (χ4v) is 4.80. The van der Waals surface area contributed by atoms with Gasteiger partial charge < -0.3 is 4.74 Å². The Kier molecular flexibility index (Phi) is 5.19. The minimum atomic E-state index is -3.73. The summed E-state index contributed by atoms with van der Waals surface area (Å²) in [4.78, 5) is 0.0602. The third kappa shape index (κ3) is 3.90. The van der Waals surface area contributed by atoms with Crippen LogP contribution in [0.5, 0.6) is 0 Å². The molecule has 0 bridgehead atoms. The van der Waals surface area contributed by atoms with E-state index in [1.807, 2.05) is 43.3 Å². The zero-order chi connectivity index (χ0) is 17.9. The molecule has 130 valence electrons. The number of hydrogen-bond acceptors (Lipinski definition) is 4. The Morgan fingerprint density at radius 3 is 2.52 bits per heavy atom. The Labute approximate surface area is 148 Å². The third-order valence-electron chi connectivity index (χ3n) is 4.22. The molecule has 2 unspecified atom stereocenters. The Morgan fingerprint density at radius 2 is 1.80 bits per heavy atom. The SMILES string of the molecule is CC1CN(S(=O)(=O)c2ccccc2C#N)CC(Cc2ccccc2)O1. The van der Waals surface area contributed by atoms with Crippen molar-refractivity contribution >= 4 is 10.0 Å². The van der Waals surface area contributed by atoms with Crippen LogP contribution in [0.3, 0.4) is 0 Å². The number of ether oxygens (including phenoxy) is 1. The Bertz CT molecular complexity index is 875. The number of nitrogens with zero attached hydrogens (tertiary/aromatic N) is 2. The first kappa shape index (κ1) is 17.6. The van der Waals surface area contributed by atoms with E-state index in [0.29, 0.717) is 6.42 Å². The van der Waals surface area contributed by atoms with Crippen LogP contribution < -0.4 is 0 Å². The van der Waals surface area contributed by atoms with Crippen LogP contribution in [0.4, 0.5) is 0 Å². The molecule has 0 aromatic heterocycles. The molecular weight excluding hydrogens is 336 g/mol. The van der Waals surface area contributed by atoms with Gasteiger partial charge in [-0.25, -0.2) is 8.42 Å². The quantitative estimate of drug-likeness (QED) is 0.844. The Hall–Kier alpha value is -2.20. The van der Waals surface area contributed by atoms with E-state index in [1.54, 1.807) is 12.1 Å². The second-order valence-corrected chi connectivity index (χ2v) is 8.09. The van der Waals surface area contributed by atoms with E-state index in [9.17, 15) is 13.7 Å². The summed E-state index contributed by atoms with van der Waals surface area (Å²) in [6, 6.07) is 18.2. The first-order valence-corrected chi connectivity index (χ1v) is 9.63. The van der Waals surface area contributed by atoms with Gasteiger partial charge in [0.05, 0.1) is 22.7 Å². The van der Waals surface area contributed by atoms with Crippen LogP contribution in [-0.2, 0) is 21.2 Å². The molecule has 3 rings (SSSR count). The maximum absolute atomic E-state index is 13.0. The fourth-order valence-electron chi connectivity index (χ4n) is 3.11. The van der Waals surface area contributed by atoms with E-state index in [0.717, 1.165) is 5.56 Å². The van der Waals surface area contributed by atoms with Gasteiger partial charge in [0.1, 0.15) is 6.07 Å². The van der Waals surface area contributed by atoms with Gasteiger partial charge in [0.2, 0.25) is 10.0 Å². The number of sulfonamides is 1. The average molecular weight is 356 g/mol. The summed E-state index contributed by atoms with van der Waals surface area (Å²) in [5.74, 6) is 0. The van der Waals surface area contributed by atoms with Crippen molar-refractivity contribution < 1.29 is 13.2 Å². The largest absolute Gasteiger partial charge is 0.372 e. The molecule has 0 spiro atoms. The second-order valence-electron chi connectivity index (χ2n) is 6.19. The summed E-state index contributed by atoms with van der Waals surface area (Å²) in [7, 11) is -3.73. The highest BCUT2D eigenvalue weighted by Gasteiger charge is 2.35. The number of benzene rings is 2. The molecule has 0 radical (unpaired) electrons.